The van der Waals surface area contributed by atoms with E-state index in [4.69, 9.17) is 4.74 Å². The minimum atomic E-state index is -0.252. The molecule has 0 fully saturated rings. The molecule has 2 rings (SSSR count). The van der Waals surface area contributed by atoms with Crippen LogP contribution in [-0.4, -0.2) is 44.3 Å². The van der Waals surface area contributed by atoms with Crippen LogP contribution in [0.4, 0.5) is 0 Å². The number of benzene rings is 2. The lowest BCUT2D eigenvalue weighted by molar-refractivity contribution is 0.0955. The van der Waals surface area contributed by atoms with E-state index in [0.29, 0.717) is 12.2 Å². The van der Waals surface area contributed by atoms with Crippen LogP contribution in [0, 0.1) is 6.92 Å². The third-order valence-corrected chi connectivity index (χ3v) is 3.38. The predicted octanol–water partition coefficient (Wildman–Crippen LogP) is 2.70. The maximum atomic E-state index is 12.0. The average Bonchev–Trinajstić information content (AvgIpc) is 2.57. The number of hydrazone groups is 1. The fourth-order valence-electron chi connectivity index (χ4n) is 1.93. The first-order chi connectivity index (χ1) is 11.5. The Labute approximate surface area is 142 Å². The number of hydrogen-bond donors (Lipinski definition) is 1. The topological polar surface area (TPSA) is 53.9 Å². The molecule has 2 aromatic carbocycles. The number of aryl methyl sites for hydroxylation is 1. The summed E-state index contributed by atoms with van der Waals surface area (Å²) < 4.78 is 5.60. The second kappa shape index (κ2) is 8.84. The quantitative estimate of drug-likeness (QED) is 0.629. The van der Waals surface area contributed by atoms with E-state index in [9.17, 15) is 4.79 Å². The first-order valence-corrected chi connectivity index (χ1v) is 7.82. The van der Waals surface area contributed by atoms with Crippen LogP contribution >= 0.6 is 0 Å². The Hall–Kier alpha value is -2.66. The van der Waals surface area contributed by atoms with Crippen molar-refractivity contribution in [3.05, 3.63) is 65.2 Å². The molecular formula is C19H23N3O2. The summed E-state index contributed by atoms with van der Waals surface area (Å²) in [4.78, 5) is 14.1. The van der Waals surface area contributed by atoms with Gasteiger partial charge in [-0.15, -0.1) is 0 Å². The van der Waals surface area contributed by atoms with Gasteiger partial charge in [0.25, 0.3) is 5.91 Å². The third-order valence-electron chi connectivity index (χ3n) is 3.38. The second-order valence-electron chi connectivity index (χ2n) is 5.79. The number of hydrogen-bond acceptors (Lipinski definition) is 4. The summed E-state index contributed by atoms with van der Waals surface area (Å²) in [6.45, 7) is 3.48. The van der Waals surface area contributed by atoms with Crippen LogP contribution in [-0.2, 0) is 0 Å². The highest BCUT2D eigenvalue weighted by Crippen LogP contribution is 2.12. The molecule has 0 spiro atoms. The Morgan fingerprint density at radius 2 is 1.79 bits per heavy atom. The fourth-order valence-corrected chi connectivity index (χ4v) is 1.93. The van der Waals surface area contributed by atoms with Crippen molar-refractivity contribution in [2.24, 2.45) is 5.10 Å². The van der Waals surface area contributed by atoms with Gasteiger partial charge < -0.3 is 9.64 Å². The Kier molecular flexibility index (Phi) is 6.51. The molecule has 24 heavy (non-hydrogen) atoms. The Morgan fingerprint density at radius 3 is 2.42 bits per heavy atom. The number of ether oxygens (including phenoxy) is 1. The SMILES string of the molecule is Cc1ccc(/C=N/NC(=O)c2ccc(OCCN(C)C)cc2)cc1. The number of nitrogens with zero attached hydrogens (tertiary/aromatic N) is 2. The molecule has 0 unspecified atom stereocenters. The number of carbonyl (C=O) groups excluding carboxylic acids is 1. The van der Waals surface area contributed by atoms with Crippen LogP contribution in [0.25, 0.3) is 0 Å². The monoisotopic (exact) mass is 325 g/mol. The van der Waals surface area contributed by atoms with Gasteiger partial charge in [0, 0.05) is 12.1 Å². The Balaban J connectivity index is 1.84. The minimum Gasteiger partial charge on any atom is -0.492 e. The van der Waals surface area contributed by atoms with E-state index in [1.54, 1.807) is 30.5 Å². The molecule has 0 saturated heterocycles. The molecule has 5 nitrogen and oxygen atoms in total. The number of nitrogens with one attached hydrogen (secondary N) is 1. The summed E-state index contributed by atoms with van der Waals surface area (Å²) in [6, 6.07) is 14.9. The number of carbonyl (C=O) groups is 1. The van der Waals surface area contributed by atoms with E-state index in [0.717, 1.165) is 17.9 Å². The van der Waals surface area contributed by atoms with Crippen molar-refractivity contribution in [2.45, 2.75) is 6.92 Å². The standard InChI is InChI=1S/C19H23N3O2/c1-15-4-6-16(7-5-15)14-20-21-19(23)17-8-10-18(11-9-17)24-13-12-22(2)3/h4-11,14H,12-13H2,1-3H3,(H,21,23)/b20-14+. The van der Waals surface area contributed by atoms with Crippen LogP contribution in [0.1, 0.15) is 21.5 Å². The maximum absolute atomic E-state index is 12.0. The normalized spacial score (nSPS) is 11.0. The zero-order valence-electron chi connectivity index (χ0n) is 14.3. The first kappa shape index (κ1) is 17.7. The molecule has 0 aliphatic rings. The second-order valence-corrected chi connectivity index (χ2v) is 5.79. The van der Waals surface area contributed by atoms with Gasteiger partial charge in [-0.1, -0.05) is 29.8 Å². The lowest BCUT2D eigenvalue weighted by Gasteiger charge is -2.11. The maximum Gasteiger partial charge on any atom is 0.271 e. The van der Waals surface area contributed by atoms with E-state index in [-0.39, 0.29) is 5.91 Å². The van der Waals surface area contributed by atoms with Crippen molar-refractivity contribution in [1.82, 2.24) is 10.3 Å². The molecule has 0 atom stereocenters. The molecule has 2 aromatic rings. The average molecular weight is 325 g/mol. The summed E-state index contributed by atoms with van der Waals surface area (Å²) in [5.41, 5.74) is 5.18. The summed E-state index contributed by atoms with van der Waals surface area (Å²) in [7, 11) is 3.99. The number of amides is 1. The van der Waals surface area contributed by atoms with E-state index >= 15 is 0 Å². The van der Waals surface area contributed by atoms with Crippen LogP contribution in [0.15, 0.2) is 53.6 Å². The van der Waals surface area contributed by atoms with E-state index in [2.05, 4.69) is 10.5 Å². The van der Waals surface area contributed by atoms with E-state index in [1.165, 1.54) is 5.56 Å². The molecular weight excluding hydrogens is 302 g/mol. The third kappa shape index (κ3) is 5.85. The first-order valence-electron chi connectivity index (χ1n) is 7.82. The fraction of sp³-hybridized carbons (Fsp3) is 0.263. The lowest BCUT2D eigenvalue weighted by atomic mass is 10.2. The molecule has 0 heterocycles. The molecule has 1 N–H and O–H groups in total. The van der Waals surface area contributed by atoms with Gasteiger partial charge in [0.05, 0.1) is 6.21 Å². The smallest absolute Gasteiger partial charge is 0.271 e. The minimum absolute atomic E-state index is 0.252. The molecule has 126 valence electrons. The van der Waals surface area contributed by atoms with Crippen molar-refractivity contribution in [2.75, 3.05) is 27.2 Å². The molecule has 0 radical (unpaired) electrons. The molecule has 0 aromatic heterocycles. The Bertz CT molecular complexity index is 677. The highest BCUT2D eigenvalue weighted by atomic mass is 16.5. The van der Waals surface area contributed by atoms with Crippen molar-refractivity contribution in [3.8, 4) is 5.75 Å². The van der Waals surface area contributed by atoms with Gasteiger partial charge >= 0.3 is 0 Å². The van der Waals surface area contributed by atoms with Gasteiger partial charge in [0.15, 0.2) is 0 Å². The van der Waals surface area contributed by atoms with Gasteiger partial charge in [-0.3, -0.25) is 4.79 Å². The van der Waals surface area contributed by atoms with Crippen molar-refractivity contribution in [3.63, 3.8) is 0 Å². The van der Waals surface area contributed by atoms with Crippen molar-refractivity contribution in [1.29, 1.82) is 0 Å². The van der Waals surface area contributed by atoms with Crippen LogP contribution < -0.4 is 10.2 Å². The van der Waals surface area contributed by atoms with Crippen LogP contribution in [0.5, 0.6) is 5.75 Å². The molecule has 0 saturated carbocycles. The summed E-state index contributed by atoms with van der Waals surface area (Å²) in [5.74, 6) is 0.495. The predicted molar refractivity (Wildman–Crippen MR) is 96.7 cm³/mol. The van der Waals surface area contributed by atoms with Crippen molar-refractivity contribution < 1.29 is 9.53 Å². The van der Waals surface area contributed by atoms with Gasteiger partial charge in [-0.25, -0.2) is 5.43 Å². The lowest BCUT2D eigenvalue weighted by Crippen LogP contribution is -2.19. The van der Waals surface area contributed by atoms with Crippen molar-refractivity contribution >= 4 is 12.1 Å². The highest BCUT2D eigenvalue weighted by molar-refractivity contribution is 5.94. The van der Waals surface area contributed by atoms with Gasteiger partial charge in [-0.2, -0.15) is 5.10 Å². The molecule has 5 heteroatoms. The van der Waals surface area contributed by atoms with E-state index in [1.807, 2.05) is 50.2 Å². The molecule has 0 bridgehead atoms. The van der Waals surface area contributed by atoms with Crippen LogP contribution in [0.3, 0.4) is 0 Å². The molecule has 0 aliphatic carbocycles. The summed E-state index contributed by atoms with van der Waals surface area (Å²) in [5, 5.41) is 3.98. The molecule has 0 aliphatic heterocycles. The zero-order valence-corrected chi connectivity index (χ0v) is 14.3. The molecule has 1 amide bonds. The largest absolute Gasteiger partial charge is 0.492 e. The summed E-state index contributed by atoms with van der Waals surface area (Å²) >= 11 is 0. The van der Waals surface area contributed by atoms with Gasteiger partial charge in [0.2, 0.25) is 0 Å². The zero-order chi connectivity index (χ0) is 17.4. The van der Waals surface area contributed by atoms with Crippen LogP contribution in [0.2, 0.25) is 0 Å². The van der Waals surface area contributed by atoms with Gasteiger partial charge in [0.1, 0.15) is 12.4 Å². The Morgan fingerprint density at radius 1 is 1.12 bits per heavy atom. The summed E-state index contributed by atoms with van der Waals surface area (Å²) in [6.07, 6.45) is 1.62. The van der Waals surface area contributed by atoms with E-state index < -0.39 is 0 Å². The number of rotatable bonds is 7. The van der Waals surface area contributed by atoms with Gasteiger partial charge in [-0.05, 0) is 50.8 Å². The number of likely N-dealkylation sites (N-methyl/N-ethyl adjacent to an activating group) is 1. The highest BCUT2D eigenvalue weighted by Gasteiger charge is 2.04.